The van der Waals surface area contributed by atoms with Crippen molar-refractivity contribution in [3.05, 3.63) is 29.8 Å². The average molecular weight is 317 g/mol. The number of benzene rings is 1. The van der Waals surface area contributed by atoms with Gasteiger partial charge in [-0.3, -0.25) is 4.79 Å². The Labute approximate surface area is 138 Å². The first-order chi connectivity index (χ1) is 11.0. The van der Waals surface area contributed by atoms with Crippen LogP contribution < -0.4 is 4.74 Å². The van der Waals surface area contributed by atoms with E-state index in [-0.39, 0.29) is 11.8 Å². The van der Waals surface area contributed by atoms with Crippen molar-refractivity contribution in [1.29, 1.82) is 0 Å². The summed E-state index contributed by atoms with van der Waals surface area (Å²) < 4.78 is 5.15. The number of hydrogen-bond donors (Lipinski definition) is 1. The van der Waals surface area contributed by atoms with Crippen LogP contribution in [0.2, 0.25) is 0 Å². The molecule has 0 unspecified atom stereocenters. The van der Waals surface area contributed by atoms with Gasteiger partial charge in [-0.25, -0.2) is 0 Å². The van der Waals surface area contributed by atoms with Crippen LogP contribution in [0.1, 0.15) is 38.2 Å². The highest BCUT2D eigenvalue weighted by Crippen LogP contribution is 2.47. The van der Waals surface area contributed by atoms with E-state index in [2.05, 4.69) is 6.92 Å². The molecular weight excluding hydrogens is 290 g/mol. The standard InChI is InChI=1S/C19H27NO3/c1-14-12-20(13-19(14,22)16-8-9-16)18(21)5-3-4-15-6-10-17(23-2)11-7-15/h6-7,10-11,14,16,22H,3-5,8-9,12-13H2,1-2H3/t14-,19+/m1/s1. The predicted octanol–water partition coefficient (Wildman–Crippen LogP) is 2.64. The van der Waals surface area contributed by atoms with Crippen molar-refractivity contribution in [1.82, 2.24) is 4.90 Å². The third-order valence-corrected chi connectivity index (χ3v) is 5.44. The molecule has 1 N–H and O–H groups in total. The van der Waals surface area contributed by atoms with Gasteiger partial charge in [0, 0.05) is 25.4 Å². The van der Waals surface area contributed by atoms with E-state index in [1.807, 2.05) is 29.2 Å². The fraction of sp³-hybridized carbons (Fsp3) is 0.632. The maximum absolute atomic E-state index is 12.4. The van der Waals surface area contributed by atoms with Crippen molar-refractivity contribution in [2.24, 2.45) is 11.8 Å². The van der Waals surface area contributed by atoms with E-state index in [1.165, 1.54) is 5.56 Å². The van der Waals surface area contributed by atoms with Gasteiger partial charge >= 0.3 is 0 Å². The van der Waals surface area contributed by atoms with Crippen LogP contribution in [0.3, 0.4) is 0 Å². The zero-order chi connectivity index (χ0) is 16.4. The van der Waals surface area contributed by atoms with Crippen LogP contribution in [0.15, 0.2) is 24.3 Å². The third kappa shape index (κ3) is 3.52. The number of ether oxygens (including phenoxy) is 1. The van der Waals surface area contributed by atoms with Gasteiger partial charge in [0.15, 0.2) is 0 Å². The normalized spacial score (nSPS) is 27.3. The lowest BCUT2D eigenvalue weighted by molar-refractivity contribution is -0.131. The molecule has 1 saturated carbocycles. The quantitative estimate of drug-likeness (QED) is 0.877. The van der Waals surface area contributed by atoms with Gasteiger partial charge in [0.05, 0.1) is 12.7 Å². The lowest BCUT2D eigenvalue weighted by atomic mass is 9.88. The van der Waals surface area contributed by atoms with Gasteiger partial charge < -0.3 is 14.7 Å². The summed E-state index contributed by atoms with van der Waals surface area (Å²) >= 11 is 0. The SMILES string of the molecule is COc1ccc(CCCC(=O)N2C[C@@H](C)[C@](O)(C3CC3)C2)cc1. The largest absolute Gasteiger partial charge is 0.497 e. The minimum atomic E-state index is -0.633. The lowest BCUT2D eigenvalue weighted by Gasteiger charge is -2.26. The van der Waals surface area contributed by atoms with E-state index >= 15 is 0 Å². The van der Waals surface area contributed by atoms with Crippen molar-refractivity contribution in [3.63, 3.8) is 0 Å². The molecule has 1 saturated heterocycles. The average Bonchev–Trinajstić information content (AvgIpc) is 3.35. The summed E-state index contributed by atoms with van der Waals surface area (Å²) in [5, 5.41) is 10.8. The maximum Gasteiger partial charge on any atom is 0.222 e. The molecule has 1 amide bonds. The lowest BCUT2D eigenvalue weighted by Crippen LogP contribution is -2.40. The van der Waals surface area contributed by atoms with E-state index in [4.69, 9.17) is 4.74 Å². The van der Waals surface area contributed by atoms with Gasteiger partial charge in [0.2, 0.25) is 5.91 Å². The minimum absolute atomic E-state index is 0.182. The van der Waals surface area contributed by atoms with Crippen LogP contribution in [-0.2, 0) is 11.2 Å². The summed E-state index contributed by atoms with van der Waals surface area (Å²) in [6.45, 7) is 3.30. The molecule has 0 bridgehead atoms. The number of carbonyl (C=O) groups is 1. The Balaban J connectivity index is 1.46. The Kier molecular flexibility index (Phi) is 4.62. The summed E-state index contributed by atoms with van der Waals surface area (Å²) in [4.78, 5) is 14.3. The van der Waals surface area contributed by atoms with E-state index in [9.17, 15) is 9.90 Å². The number of hydrogen-bond acceptors (Lipinski definition) is 3. The second-order valence-electron chi connectivity index (χ2n) is 7.14. The number of nitrogens with zero attached hydrogens (tertiary/aromatic N) is 1. The summed E-state index contributed by atoms with van der Waals surface area (Å²) in [5.41, 5.74) is 0.592. The second kappa shape index (κ2) is 6.52. The first-order valence-electron chi connectivity index (χ1n) is 8.66. The van der Waals surface area contributed by atoms with Crippen molar-refractivity contribution in [2.75, 3.05) is 20.2 Å². The third-order valence-electron chi connectivity index (χ3n) is 5.44. The Morgan fingerprint density at radius 3 is 2.65 bits per heavy atom. The highest BCUT2D eigenvalue weighted by Gasteiger charge is 2.53. The van der Waals surface area contributed by atoms with Crippen LogP contribution in [0, 0.1) is 11.8 Å². The topological polar surface area (TPSA) is 49.8 Å². The van der Waals surface area contributed by atoms with Gasteiger partial charge in [-0.1, -0.05) is 19.1 Å². The second-order valence-corrected chi connectivity index (χ2v) is 7.14. The zero-order valence-electron chi connectivity index (χ0n) is 14.1. The number of β-amino-alcohol motifs (C(OH)–C–C–N with tert-alkyl or cyclic N) is 1. The van der Waals surface area contributed by atoms with Crippen LogP contribution in [0.25, 0.3) is 0 Å². The zero-order valence-corrected chi connectivity index (χ0v) is 14.1. The van der Waals surface area contributed by atoms with Crippen molar-refractivity contribution in [2.45, 2.75) is 44.6 Å². The molecule has 23 heavy (non-hydrogen) atoms. The maximum atomic E-state index is 12.4. The van der Waals surface area contributed by atoms with Gasteiger partial charge in [0.25, 0.3) is 0 Å². The summed E-state index contributed by atoms with van der Waals surface area (Å²) in [7, 11) is 1.66. The molecule has 4 heteroatoms. The van der Waals surface area contributed by atoms with E-state index < -0.39 is 5.60 Å². The molecule has 2 aliphatic rings. The highest BCUT2D eigenvalue weighted by atomic mass is 16.5. The van der Waals surface area contributed by atoms with E-state index in [0.29, 0.717) is 25.4 Å². The minimum Gasteiger partial charge on any atom is -0.497 e. The fourth-order valence-electron chi connectivity index (χ4n) is 3.71. The predicted molar refractivity (Wildman–Crippen MR) is 89.3 cm³/mol. The fourth-order valence-corrected chi connectivity index (χ4v) is 3.71. The molecule has 1 aliphatic carbocycles. The van der Waals surface area contributed by atoms with E-state index in [1.54, 1.807) is 7.11 Å². The van der Waals surface area contributed by atoms with Gasteiger partial charge in [-0.15, -0.1) is 0 Å². The smallest absolute Gasteiger partial charge is 0.222 e. The number of carbonyl (C=O) groups excluding carboxylic acids is 1. The van der Waals surface area contributed by atoms with Crippen molar-refractivity contribution < 1.29 is 14.6 Å². The Morgan fingerprint density at radius 1 is 1.35 bits per heavy atom. The number of amides is 1. The summed E-state index contributed by atoms with van der Waals surface area (Å²) in [6.07, 6.45) is 4.52. The number of aliphatic hydroxyl groups is 1. The molecule has 2 atom stereocenters. The highest BCUT2D eigenvalue weighted by molar-refractivity contribution is 5.76. The first kappa shape index (κ1) is 16.3. The molecule has 2 fully saturated rings. The van der Waals surface area contributed by atoms with Crippen LogP contribution in [0.5, 0.6) is 5.75 Å². The number of rotatable bonds is 6. The Bertz CT molecular complexity index is 552. The molecular formula is C19H27NO3. The van der Waals surface area contributed by atoms with Crippen molar-refractivity contribution >= 4 is 5.91 Å². The number of methoxy groups -OCH3 is 1. The van der Waals surface area contributed by atoms with E-state index in [0.717, 1.165) is 31.4 Å². The Hall–Kier alpha value is -1.55. The number of likely N-dealkylation sites (tertiary alicyclic amines) is 1. The molecule has 0 spiro atoms. The van der Waals surface area contributed by atoms with Crippen LogP contribution in [-0.4, -0.2) is 41.7 Å². The molecule has 4 nitrogen and oxygen atoms in total. The molecule has 1 heterocycles. The summed E-state index contributed by atoms with van der Waals surface area (Å²) in [6, 6.07) is 8.00. The van der Waals surface area contributed by atoms with Crippen LogP contribution >= 0.6 is 0 Å². The monoisotopic (exact) mass is 317 g/mol. The molecule has 126 valence electrons. The first-order valence-corrected chi connectivity index (χ1v) is 8.66. The van der Waals surface area contributed by atoms with Crippen LogP contribution in [0.4, 0.5) is 0 Å². The Morgan fingerprint density at radius 2 is 2.04 bits per heavy atom. The van der Waals surface area contributed by atoms with Gasteiger partial charge in [-0.05, 0) is 49.3 Å². The molecule has 0 aromatic heterocycles. The number of aryl methyl sites for hydroxylation is 1. The molecule has 3 rings (SSSR count). The van der Waals surface area contributed by atoms with Gasteiger partial charge in [0.1, 0.15) is 5.75 Å². The molecule has 1 aromatic carbocycles. The molecule has 1 aliphatic heterocycles. The summed E-state index contributed by atoms with van der Waals surface area (Å²) in [5.74, 6) is 1.65. The van der Waals surface area contributed by atoms with Crippen molar-refractivity contribution in [3.8, 4) is 5.75 Å². The molecule has 0 radical (unpaired) electrons. The molecule has 1 aromatic rings. The van der Waals surface area contributed by atoms with Gasteiger partial charge in [-0.2, -0.15) is 0 Å².